The van der Waals surface area contributed by atoms with Crippen molar-refractivity contribution in [1.29, 1.82) is 0 Å². The van der Waals surface area contributed by atoms with Crippen LogP contribution in [0.5, 0.6) is 0 Å². The van der Waals surface area contributed by atoms with E-state index in [1.165, 1.54) is 6.07 Å². The van der Waals surface area contributed by atoms with E-state index in [1.807, 2.05) is 0 Å². The van der Waals surface area contributed by atoms with Gasteiger partial charge >= 0.3 is 0 Å². The summed E-state index contributed by atoms with van der Waals surface area (Å²) >= 11 is 0. The van der Waals surface area contributed by atoms with E-state index < -0.39 is 0 Å². The lowest BCUT2D eigenvalue weighted by Gasteiger charge is -2.31. The molecule has 7 nitrogen and oxygen atoms in total. The Labute approximate surface area is 166 Å². The van der Waals surface area contributed by atoms with Gasteiger partial charge in [-0.3, -0.25) is 14.9 Å². The zero-order valence-electron chi connectivity index (χ0n) is 15.8. The van der Waals surface area contributed by atoms with Gasteiger partial charge in [-0.1, -0.05) is 6.92 Å². The number of carbonyl (C=O) groups is 1. The predicted molar refractivity (Wildman–Crippen MR) is 109 cm³/mol. The van der Waals surface area contributed by atoms with E-state index in [0.717, 1.165) is 51.9 Å². The average Bonchev–Trinajstić information content (AvgIpc) is 2.67. The van der Waals surface area contributed by atoms with E-state index >= 15 is 0 Å². The SMILES string of the molecule is CC1CCN(c2ccc(C(=O)NCC3CCCNC3)cc2[N+](=O)[O-])CC1.Cl. The standard InChI is InChI=1S/C19H28N4O3.ClH/c1-14-6-9-22(10-7-14)17-5-4-16(11-18(17)23(25)26)19(24)21-13-15-3-2-8-20-12-15;/h4-5,11,14-15,20H,2-3,6-10,12-13H2,1H3,(H,21,24);1H. The first-order valence-electron chi connectivity index (χ1n) is 9.57. The Morgan fingerprint density at radius 3 is 2.70 bits per heavy atom. The predicted octanol–water partition coefficient (Wildman–Crippen LogP) is 2.98. The number of piperidine rings is 2. The Kier molecular flexibility index (Phi) is 7.86. The third-order valence-electron chi connectivity index (χ3n) is 5.51. The van der Waals surface area contributed by atoms with Crippen molar-refractivity contribution >= 4 is 29.7 Å². The molecule has 0 spiro atoms. The molecule has 1 atom stereocenters. The molecule has 2 saturated heterocycles. The van der Waals surface area contributed by atoms with Crippen LogP contribution in [0.1, 0.15) is 43.0 Å². The van der Waals surface area contributed by atoms with Crippen molar-refractivity contribution in [2.45, 2.75) is 32.6 Å². The van der Waals surface area contributed by atoms with Gasteiger partial charge in [-0.15, -0.1) is 12.4 Å². The maximum Gasteiger partial charge on any atom is 0.293 e. The molecule has 3 rings (SSSR count). The summed E-state index contributed by atoms with van der Waals surface area (Å²) in [5.74, 6) is 0.847. The summed E-state index contributed by atoms with van der Waals surface area (Å²) < 4.78 is 0. The van der Waals surface area contributed by atoms with Crippen LogP contribution in [-0.4, -0.2) is 43.6 Å². The fourth-order valence-corrected chi connectivity index (χ4v) is 3.77. The second-order valence-electron chi connectivity index (χ2n) is 7.55. The number of nitro groups is 1. The maximum absolute atomic E-state index is 12.4. The number of nitrogens with one attached hydrogen (secondary N) is 2. The summed E-state index contributed by atoms with van der Waals surface area (Å²) in [6.45, 7) is 6.40. The minimum absolute atomic E-state index is 0. The van der Waals surface area contributed by atoms with Gasteiger partial charge in [-0.05, 0) is 62.7 Å². The monoisotopic (exact) mass is 396 g/mol. The van der Waals surface area contributed by atoms with Crippen LogP contribution in [0.25, 0.3) is 0 Å². The average molecular weight is 397 g/mol. The molecule has 8 heteroatoms. The lowest BCUT2D eigenvalue weighted by Crippen LogP contribution is -2.38. The number of carbonyl (C=O) groups excluding carboxylic acids is 1. The quantitative estimate of drug-likeness (QED) is 0.590. The molecule has 0 radical (unpaired) electrons. The number of benzene rings is 1. The van der Waals surface area contributed by atoms with E-state index in [-0.39, 0.29) is 28.9 Å². The van der Waals surface area contributed by atoms with Crippen molar-refractivity contribution in [3.63, 3.8) is 0 Å². The van der Waals surface area contributed by atoms with Crippen molar-refractivity contribution in [3.8, 4) is 0 Å². The molecule has 150 valence electrons. The summed E-state index contributed by atoms with van der Waals surface area (Å²) in [6.07, 6.45) is 4.29. The fraction of sp³-hybridized carbons (Fsp3) is 0.632. The highest BCUT2D eigenvalue weighted by Gasteiger charge is 2.25. The van der Waals surface area contributed by atoms with E-state index in [0.29, 0.717) is 29.6 Å². The molecule has 2 aliphatic rings. The molecule has 2 heterocycles. The third kappa shape index (κ3) is 5.56. The number of hydrogen-bond donors (Lipinski definition) is 2. The Morgan fingerprint density at radius 1 is 1.33 bits per heavy atom. The number of halogens is 1. The van der Waals surface area contributed by atoms with Crippen LogP contribution in [0.3, 0.4) is 0 Å². The zero-order chi connectivity index (χ0) is 18.5. The first-order valence-corrected chi connectivity index (χ1v) is 9.57. The van der Waals surface area contributed by atoms with Gasteiger partial charge in [0, 0.05) is 31.3 Å². The number of rotatable bonds is 5. The van der Waals surface area contributed by atoms with Crippen LogP contribution in [-0.2, 0) is 0 Å². The van der Waals surface area contributed by atoms with E-state index in [2.05, 4.69) is 22.5 Å². The third-order valence-corrected chi connectivity index (χ3v) is 5.51. The lowest BCUT2D eigenvalue weighted by atomic mass is 9.98. The highest BCUT2D eigenvalue weighted by atomic mass is 35.5. The number of amides is 1. The van der Waals surface area contributed by atoms with Gasteiger partial charge in [-0.25, -0.2) is 0 Å². The molecule has 2 aliphatic heterocycles. The van der Waals surface area contributed by atoms with Crippen LogP contribution >= 0.6 is 12.4 Å². The van der Waals surface area contributed by atoms with Crippen LogP contribution in [0.15, 0.2) is 18.2 Å². The van der Waals surface area contributed by atoms with Crippen LogP contribution in [0, 0.1) is 22.0 Å². The summed E-state index contributed by atoms with van der Waals surface area (Å²) in [4.78, 5) is 25.7. The molecule has 2 N–H and O–H groups in total. The van der Waals surface area contributed by atoms with E-state index in [9.17, 15) is 14.9 Å². The van der Waals surface area contributed by atoms with Crippen molar-refractivity contribution in [3.05, 3.63) is 33.9 Å². The van der Waals surface area contributed by atoms with Gasteiger partial charge in [-0.2, -0.15) is 0 Å². The van der Waals surface area contributed by atoms with Crippen LogP contribution < -0.4 is 15.5 Å². The topological polar surface area (TPSA) is 87.5 Å². The molecule has 1 amide bonds. The summed E-state index contributed by atoms with van der Waals surface area (Å²) in [7, 11) is 0. The van der Waals surface area contributed by atoms with Crippen molar-refractivity contribution in [2.75, 3.05) is 37.6 Å². The molecule has 1 unspecified atom stereocenters. The van der Waals surface area contributed by atoms with Crippen molar-refractivity contribution in [2.24, 2.45) is 11.8 Å². The van der Waals surface area contributed by atoms with Gasteiger partial charge in [0.25, 0.3) is 11.6 Å². The maximum atomic E-state index is 12.4. The summed E-state index contributed by atoms with van der Waals surface area (Å²) in [5.41, 5.74) is 0.996. The number of nitro benzene ring substituents is 1. The van der Waals surface area contributed by atoms with Crippen molar-refractivity contribution in [1.82, 2.24) is 10.6 Å². The minimum atomic E-state index is -0.380. The molecule has 0 bridgehead atoms. The molecular weight excluding hydrogens is 368 g/mol. The Bertz CT molecular complexity index is 656. The first-order chi connectivity index (χ1) is 12.5. The molecule has 27 heavy (non-hydrogen) atoms. The zero-order valence-corrected chi connectivity index (χ0v) is 16.6. The molecule has 1 aromatic rings. The molecule has 0 aliphatic carbocycles. The van der Waals surface area contributed by atoms with Gasteiger partial charge in [0.2, 0.25) is 0 Å². The summed E-state index contributed by atoms with van der Waals surface area (Å²) in [6, 6.07) is 4.85. The van der Waals surface area contributed by atoms with Gasteiger partial charge in [0.15, 0.2) is 0 Å². The largest absolute Gasteiger partial charge is 0.366 e. The molecule has 1 aromatic carbocycles. The van der Waals surface area contributed by atoms with Crippen molar-refractivity contribution < 1.29 is 9.72 Å². The van der Waals surface area contributed by atoms with Gasteiger partial charge in [0.05, 0.1) is 4.92 Å². The number of nitrogens with zero attached hydrogens (tertiary/aromatic N) is 2. The number of anilines is 1. The minimum Gasteiger partial charge on any atom is -0.366 e. The molecular formula is C19H29ClN4O3. The molecule has 0 aromatic heterocycles. The normalized spacial score (nSPS) is 20.6. The van der Waals surface area contributed by atoms with Gasteiger partial charge in [0.1, 0.15) is 5.69 Å². The fourth-order valence-electron chi connectivity index (χ4n) is 3.77. The second kappa shape index (κ2) is 9.90. The highest BCUT2D eigenvalue weighted by Crippen LogP contribution is 2.32. The van der Waals surface area contributed by atoms with E-state index in [4.69, 9.17) is 0 Å². The Balaban J connectivity index is 0.00000261. The lowest BCUT2D eigenvalue weighted by molar-refractivity contribution is -0.384. The number of hydrogen-bond acceptors (Lipinski definition) is 5. The summed E-state index contributed by atoms with van der Waals surface area (Å²) in [5, 5.41) is 17.8. The first kappa shape index (κ1) is 21.4. The second-order valence-corrected chi connectivity index (χ2v) is 7.55. The van der Waals surface area contributed by atoms with Crippen LogP contribution in [0.2, 0.25) is 0 Å². The Hall–Kier alpha value is -1.86. The molecule has 2 fully saturated rings. The highest BCUT2D eigenvalue weighted by molar-refractivity contribution is 5.95. The van der Waals surface area contributed by atoms with E-state index in [1.54, 1.807) is 12.1 Å². The van der Waals surface area contributed by atoms with Gasteiger partial charge < -0.3 is 15.5 Å². The molecule has 0 saturated carbocycles. The van der Waals surface area contributed by atoms with Crippen LogP contribution in [0.4, 0.5) is 11.4 Å². The Morgan fingerprint density at radius 2 is 2.07 bits per heavy atom. The smallest absolute Gasteiger partial charge is 0.293 e.